The predicted molar refractivity (Wildman–Crippen MR) is 73.8 cm³/mol. The van der Waals surface area contributed by atoms with Gasteiger partial charge in [-0.3, -0.25) is 0 Å². The summed E-state index contributed by atoms with van der Waals surface area (Å²) in [5.41, 5.74) is -0.823. The Bertz CT molecular complexity index is 446. The highest BCUT2D eigenvalue weighted by Crippen LogP contribution is 2.23. The number of amides is 2. The minimum atomic E-state index is -1.55. The lowest BCUT2D eigenvalue weighted by molar-refractivity contribution is -0.169. The fourth-order valence-electron chi connectivity index (χ4n) is 2.03. The molecule has 0 aromatic rings. The van der Waals surface area contributed by atoms with Crippen LogP contribution in [0.4, 0.5) is 9.59 Å². The Morgan fingerprint density at radius 2 is 1.86 bits per heavy atom. The smallest absolute Gasteiger partial charge is 0.429 e. The molecule has 9 nitrogen and oxygen atoms in total. The third-order valence-corrected chi connectivity index (χ3v) is 2.85. The summed E-state index contributed by atoms with van der Waals surface area (Å²) in [7, 11) is 0. The van der Waals surface area contributed by atoms with Crippen LogP contribution in [0.1, 0.15) is 34.1 Å². The predicted octanol–water partition coefficient (Wildman–Crippen LogP) is 0.815. The second kappa shape index (κ2) is 6.82. The minimum absolute atomic E-state index is 0.0297. The van der Waals surface area contributed by atoms with Gasteiger partial charge < -0.3 is 19.7 Å². The molecule has 1 fully saturated rings. The van der Waals surface area contributed by atoms with E-state index in [1.165, 1.54) is 0 Å². The summed E-state index contributed by atoms with van der Waals surface area (Å²) in [6.07, 6.45) is -3.68. The number of rotatable bonds is 2. The van der Waals surface area contributed by atoms with Gasteiger partial charge in [0.1, 0.15) is 5.60 Å². The molecule has 0 spiro atoms. The summed E-state index contributed by atoms with van der Waals surface area (Å²) < 4.78 is 9.91. The van der Waals surface area contributed by atoms with Gasteiger partial charge in [0, 0.05) is 6.54 Å². The largest absolute Gasteiger partial charge is 0.464 e. The fourth-order valence-corrected chi connectivity index (χ4v) is 2.03. The van der Waals surface area contributed by atoms with Gasteiger partial charge >= 0.3 is 18.2 Å². The summed E-state index contributed by atoms with van der Waals surface area (Å²) in [6, 6.07) is -1.50. The molecule has 1 aliphatic rings. The fraction of sp³-hybridized carbons (Fsp3) is 0.769. The molecule has 0 aliphatic carbocycles. The Balaban J connectivity index is 3.05. The lowest BCUT2D eigenvalue weighted by Gasteiger charge is -2.43. The number of carbonyl (C=O) groups excluding carboxylic acids is 2. The van der Waals surface area contributed by atoms with E-state index in [1.807, 2.05) is 0 Å². The first-order valence-electron chi connectivity index (χ1n) is 6.95. The molecule has 9 heteroatoms. The van der Waals surface area contributed by atoms with Gasteiger partial charge in [0.25, 0.3) is 0 Å². The Morgan fingerprint density at radius 1 is 1.27 bits per heavy atom. The molecule has 2 unspecified atom stereocenters. The van der Waals surface area contributed by atoms with Gasteiger partial charge in [-0.25, -0.2) is 19.4 Å². The molecule has 126 valence electrons. The van der Waals surface area contributed by atoms with Gasteiger partial charge in [-0.05, 0) is 34.1 Å². The van der Waals surface area contributed by atoms with Crippen LogP contribution in [0.2, 0.25) is 0 Å². The van der Waals surface area contributed by atoms with Crippen LogP contribution >= 0.6 is 0 Å². The van der Waals surface area contributed by atoms with Crippen molar-refractivity contribution < 1.29 is 34.1 Å². The number of ether oxygens (including phenoxy) is 2. The Hall–Kier alpha value is -2.03. The normalized spacial score (nSPS) is 22.2. The van der Waals surface area contributed by atoms with Crippen LogP contribution in [-0.4, -0.2) is 69.3 Å². The van der Waals surface area contributed by atoms with Crippen LogP contribution in [-0.2, 0) is 14.3 Å². The number of hydrogen-bond acceptors (Lipinski definition) is 6. The van der Waals surface area contributed by atoms with Gasteiger partial charge in [-0.1, -0.05) is 0 Å². The molecule has 1 aliphatic heterocycles. The summed E-state index contributed by atoms with van der Waals surface area (Å²) in [5, 5.41) is 20.5. The third kappa shape index (κ3) is 4.23. The van der Waals surface area contributed by atoms with Crippen LogP contribution in [0.15, 0.2) is 0 Å². The van der Waals surface area contributed by atoms with E-state index in [4.69, 9.17) is 9.47 Å². The topological polar surface area (TPSA) is 117 Å². The van der Waals surface area contributed by atoms with Crippen molar-refractivity contribution in [3.05, 3.63) is 0 Å². The molecule has 1 heterocycles. The molecule has 1 saturated heterocycles. The molecule has 22 heavy (non-hydrogen) atoms. The van der Waals surface area contributed by atoms with Crippen molar-refractivity contribution in [3.63, 3.8) is 0 Å². The number of hydrogen-bond donors (Lipinski definition) is 2. The lowest BCUT2D eigenvalue weighted by Crippen LogP contribution is -2.65. The molecule has 2 N–H and O–H groups in total. The lowest BCUT2D eigenvalue weighted by atomic mass is 10.1. The van der Waals surface area contributed by atoms with E-state index in [1.54, 1.807) is 27.7 Å². The molecule has 0 aromatic heterocycles. The molecule has 0 saturated carbocycles. The van der Waals surface area contributed by atoms with E-state index >= 15 is 0 Å². The molecule has 1 rings (SSSR count). The van der Waals surface area contributed by atoms with Crippen molar-refractivity contribution in [1.82, 2.24) is 10.0 Å². The first-order valence-corrected chi connectivity index (χ1v) is 6.95. The highest BCUT2D eigenvalue weighted by Gasteiger charge is 2.47. The van der Waals surface area contributed by atoms with Crippen molar-refractivity contribution >= 4 is 18.2 Å². The van der Waals surface area contributed by atoms with E-state index in [0.717, 1.165) is 5.01 Å². The zero-order chi connectivity index (χ0) is 17.1. The van der Waals surface area contributed by atoms with E-state index in [9.17, 15) is 24.6 Å². The van der Waals surface area contributed by atoms with Crippen LogP contribution in [0.5, 0.6) is 0 Å². The van der Waals surface area contributed by atoms with Crippen LogP contribution in [0.25, 0.3) is 0 Å². The number of carbonyl (C=O) groups is 3. The van der Waals surface area contributed by atoms with Crippen LogP contribution in [0, 0.1) is 0 Å². The van der Waals surface area contributed by atoms with Gasteiger partial charge in [0.2, 0.25) is 0 Å². The first-order chi connectivity index (χ1) is 10.1. The number of hydrazine groups is 1. The second-order valence-corrected chi connectivity index (χ2v) is 5.78. The second-order valence-electron chi connectivity index (χ2n) is 5.78. The first kappa shape index (κ1) is 18.0. The summed E-state index contributed by atoms with van der Waals surface area (Å²) in [6.45, 7) is 6.41. The molecule has 2 amide bonds. The third-order valence-electron chi connectivity index (χ3n) is 2.85. The van der Waals surface area contributed by atoms with Crippen molar-refractivity contribution in [2.75, 3.05) is 13.2 Å². The van der Waals surface area contributed by atoms with E-state index in [-0.39, 0.29) is 19.6 Å². The van der Waals surface area contributed by atoms with Crippen molar-refractivity contribution in [1.29, 1.82) is 0 Å². The van der Waals surface area contributed by atoms with E-state index in [2.05, 4.69) is 0 Å². The highest BCUT2D eigenvalue weighted by atomic mass is 16.6. The Labute approximate surface area is 128 Å². The number of esters is 1. The highest BCUT2D eigenvalue weighted by molar-refractivity contribution is 5.83. The van der Waals surface area contributed by atoms with Gasteiger partial charge in [-0.2, -0.15) is 5.01 Å². The average Bonchev–Trinajstić information content (AvgIpc) is 2.35. The van der Waals surface area contributed by atoms with Crippen LogP contribution < -0.4 is 0 Å². The maximum atomic E-state index is 12.1. The summed E-state index contributed by atoms with van der Waals surface area (Å²) >= 11 is 0. The maximum absolute atomic E-state index is 12.1. The van der Waals surface area contributed by atoms with Gasteiger partial charge in [-0.15, -0.1) is 0 Å². The van der Waals surface area contributed by atoms with Crippen LogP contribution in [0.3, 0.4) is 0 Å². The average molecular weight is 318 g/mol. The SMILES string of the molecule is CCOC(=O)C1C(O)CCN(C(=O)OC(C)(C)C)N1C(=O)O. The minimum Gasteiger partial charge on any atom is -0.464 e. The van der Waals surface area contributed by atoms with Crippen molar-refractivity contribution in [2.45, 2.75) is 51.9 Å². The maximum Gasteiger partial charge on any atom is 0.429 e. The zero-order valence-electron chi connectivity index (χ0n) is 13.1. The van der Waals surface area contributed by atoms with Crippen molar-refractivity contribution in [3.8, 4) is 0 Å². The molecular weight excluding hydrogens is 296 g/mol. The number of carboxylic acid groups (broad SMARTS) is 1. The summed E-state index contributed by atoms with van der Waals surface area (Å²) in [4.78, 5) is 35.5. The van der Waals surface area contributed by atoms with E-state index < -0.39 is 35.9 Å². The molecule has 0 radical (unpaired) electrons. The number of nitrogens with zero attached hydrogens (tertiary/aromatic N) is 2. The number of aliphatic hydroxyl groups excluding tert-OH is 1. The monoisotopic (exact) mass is 318 g/mol. The standard InChI is InChI=1S/C13H22N2O7/c1-5-21-10(17)9-8(16)6-7-14(15(9)11(18)19)12(20)22-13(2,3)4/h8-9,16H,5-7H2,1-4H3,(H,18,19). The van der Waals surface area contributed by atoms with Crippen molar-refractivity contribution in [2.24, 2.45) is 0 Å². The molecule has 0 aromatic carbocycles. The van der Waals surface area contributed by atoms with Gasteiger partial charge in [0.05, 0.1) is 12.7 Å². The zero-order valence-corrected chi connectivity index (χ0v) is 13.1. The molecule has 0 bridgehead atoms. The molecular formula is C13H22N2O7. The molecule has 2 atom stereocenters. The Kier molecular flexibility index (Phi) is 5.59. The quantitative estimate of drug-likeness (QED) is 0.724. The Morgan fingerprint density at radius 3 is 2.32 bits per heavy atom. The number of aliphatic hydroxyl groups is 1. The summed E-state index contributed by atoms with van der Waals surface area (Å²) in [5.74, 6) is -0.911. The van der Waals surface area contributed by atoms with Gasteiger partial charge in [0.15, 0.2) is 6.04 Å². The van der Waals surface area contributed by atoms with E-state index in [0.29, 0.717) is 5.01 Å².